The van der Waals surface area contributed by atoms with Crippen molar-refractivity contribution in [2.75, 3.05) is 19.6 Å². The molecule has 2 atom stereocenters. The van der Waals surface area contributed by atoms with Crippen molar-refractivity contribution >= 4 is 17.6 Å². The Bertz CT molecular complexity index is 474. The lowest BCUT2D eigenvalue weighted by Gasteiger charge is -2.25. The zero-order valence-electron chi connectivity index (χ0n) is 11.9. The number of carboxylic acids is 1. The van der Waals surface area contributed by atoms with Crippen molar-refractivity contribution < 1.29 is 9.90 Å². The largest absolute Gasteiger partial charge is 0.481 e. The number of nitrogens with one attached hydrogen (secondary N) is 2. The molecule has 1 aromatic rings. The monoisotopic (exact) mass is 308 g/mol. The maximum atomic E-state index is 11.6. The Balaban J connectivity index is 2.95. The Hall–Kier alpha value is -1.62. The molecule has 1 rings (SSSR count). The molecule has 0 saturated heterocycles. The third-order valence-corrected chi connectivity index (χ3v) is 3.34. The van der Waals surface area contributed by atoms with E-state index in [1.54, 1.807) is 24.3 Å². The first kappa shape index (κ1) is 17.4. The van der Waals surface area contributed by atoms with Crippen LogP contribution >= 0.6 is 11.6 Å². The van der Waals surface area contributed by atoms with Gasteiger partial charge < -0.3 is 15.7 Å². The highest BCUT2D eigenvalue weighted by atomic mass is 35.5. The SMILES string of the molecule is C=CCNCC(C(=O)O)C(NCC=C)c1ccc(Cl)cc1. The molecule has 1 aromatic carbocycles. The summed E-state index contributed by atoms with van der Waals surface area (Å²) < 4.78 is 0. The summed E-state index contributed by atoms with van der Waals surface area (Å²) in [5.41, 5.74) is 0.883. The molecule has 21 heavy (non-hydrogen) atoms. The number of halogens is 1. The van der Waals surface area contributed by atoms with E-state index in [0.717, 1.165) is 5.56 Å². The molecule has 0 amide bonds. The normalized spacial score (nSPS) is 13.4. The average Bonchev–Trinajstić information content (AvgIpc) is 2.47. The highest BCUT2D eigenvalue weighted by molar-refractivity contribution is 6.30. The van der Waals surface area contributed by atoms with Crippen molar-refractivity contribution in [3.05, 3.63) is 60.2 Å². The lowest BCUT2D eigenvalue weighted by atomic mass is 9.92. The molecule has 4 nitrogen and oxygen atoms in total. The van der Waals surface area contributed by atoms with Gasteiger partial charge in [-0.1, -0.05) is 35.9 Å². The van der Waals surface area contributed by atoms with Gasteiger partial charge in [0.15, 0.2) is 0 Å². The van der Waals surface area contributed by atoms with Gasteiger partial charge in [0.1, 0.15) is 0 Å². The van der Waals surface area contributed by atoms with Crippen LogP contribution in [0, 0.1) is 5.92 Å². The van der Waals surface area contributed by atoms with Crippen LogP contribution in [0.4, 0.5) is 0 Å². The molecule has 0 saturated carbocycles. The Morgan fingerprint density at radius 2 is 1.86 bits per heavy atom. The minimum Gasteiger partial charge on any atom is -0.481 e. The smallest absolute Gasteiger partial charge is 0.309 e. The first-order valence-electron chi connectivity index (χ1n) is 6.74. The molecule has 0 aliphatic carbocycles. The number of hydrogen-bond acceptors (Lipinski definition) is 3. The number of rotatable bonds is 10. The van der Waals surface area contributed by atoms with Crippen molar-refractivity contribution in [1.82, 2.24) is 10.6 Å². The molecular formula is C16H21ClN2O2. The van der Waals surface area contributed by atoms with E-state index in [2.05, 4.69) is 23.8 Å². The fraction of sp³-hybridized carbons (Fsp3) is 0.312. The summed E-state index contributed by atoms with van der Waals surface area (Å²) in [4.78, 5) is 11.6. The van der Waals surface area contributed by atoms with Gasteiger partial charge in [-0.3, -0.25) is 4.79 Å². The fourth-order valence-electron chi connectivity index (χ4n) is 2.06. The first-order chi connectivity index (χ1) is 10.1. The number of aliphatic carboxylic acids is 1. The minimum atomic E-state index is -0.858. The lowest BCUT2D eigenvalue weighted by molar-refractivity contribution is -0.142. The van der Waals surface area contributed by atoms with Crippen LogP contribution in [0.2, 0.25) is 5.02 Å². The summed E-state index contributed by atoms with van der Waals surface area (Å²) >= 11 is 5.89. The molecule has 0 bridgehead atoms. The zero-order valence-corrected chi connectivity index (χ0v) is 12.6. The second kappa shape index (κ2) is 9.34. The van der Waals surface area contributed by atoms with Crippen molar-refractivity contribution in [3.8, 4) is 0 Å². The van der Waals surface area contributed by atoms with Crippen LogP contribution < -0.4 is 10.6 Å². The second-order valence-corrected chi connectivity index (χ2v) is 5.05. The van der Waals surface area contributed by atoms with Crippen molar-refractivity contribution in [2.24, 2.45) is 5.92 Å². The van der Waals surface area contributed by atoms with Gasteiger partial charge in [0, 0.05) is 30.7 Å². The molecule has 0 aliphatic heterocycles. The molecule has 0 aliphatic rings. The standard InChI is InChI=1S/C16H21ClN2O2/c1-3-9-18-11-14(16(20)21)15(19-10-4-2)12-5-7-13(17)8-6-12/h3-8,14-15,18-19H,1-2,9-11H2,(H,20,21). The average molecular weight is 309 g/mol. The van der Waals surface area contributed by atoms with Gasteiger partial charge in [0.25, 0.3) is 0 Å². The summed E-state index contributed by atoms with van der Waals surface area (Å²) in [5.74, 6) is -1.46. The van der Waals surface area contributed by atoms with Gasteiger partial charge in [0.2, 0.25) is 0 Å². The molecule has 114 valence electrons. The predicted octanol–water partition coefficient (Wildman–Crippen LogP) is 2.63. The van der Waals surface area contributed by atoms with Gasteiger partial charge in [-0.15, -0.1) is 13.2 Å². The summed E-state index contributed by atoms with van der Waals surface area (Å²) in [6, 6.07) is 6.87. The van der Waals surface area contributed by atoms with Gasteiger partial charge in [-0.25, -0.2) is 0 Å². The maximum Gasteiger partial charge on any atom is 0.309 e. The van der Waals surface area contributed by atoms with Gasteiger partial charge in [0.05, 0.1) is 5.92 Å². The predicted molar refractivity (Wildman–Crippen MR) is 86.6 cm³/mol. The van der Waals surface area contributed by atoms with Gasteiger partial charge in [-0.05, 0) is 17.7 Å². The fourth-order valence-corrected chi connectivity index (χ4v) is 2.19. The lowest BCUT2D eigenvalue weighted by Crippen LogP contribution is -2.39. The molecule has 5 heteroatoms. The van der Waals surface area contributed by atoms with Crippen LogP contribution in [0.1, 0.15) is 11.6 Å². The molecule has 0 fully saturated rings. The Kier molecular flexibility index (Phi) is 7.75. The van der Waals surface area contributed by atoms with E-state index in [1.165, 1.54) is 0 Å². The Labute approximate surface area is 130 Å². The quantitative estimate of drug-likeness (QED) is 0.459. The summed E-state index contributed by atoms with van der Waals surface area (Å²) in [5, 5.41) is 16.4. The van der Waals surface area contributed by atoms with E-state index in [4.69, 9.17) is 11.6 Å². The van der Waals surface area contributed by atoms with E-state index in [-0.39, 0.29) is 6.04 Å². The van der Waals surface area contributed by atoms with E-state index in [0.29, 0.717) is 24.7 Å². The number of benzene rings is 1. The van der Waals surface area contributed by atoms with Crippen molar-refractivity contribution in [3.63, 3.8) is 0 Å². The van der Waals surface area contributed by atoms with E-state index >= 15 is 0 Å². The molecule has 0 heterocycles. The first-order valence-corrected chi connectivity index (χ1v) is 7.12. The van der Waals surface area contributed by atoms with Crippen molar-refractivity contribution in [1.29, 1.82) is 0 Å². The highest BCUT2D eigenvalue weighted by Crippen LogP contribution is 2.24. The van der Waals surface area contributed by atoms with Gasteiger partial charge >= 0.3 is 5.97 Å². The molecule has 2 unspecified atom stereocenters. The van der Waals surface area contributed by atoms with Crippen LogP contribution in [-0.2, 0) is 4.79 Å². The molecular weight excluding hydrogens is 288 g/mol. The Morgan fingerprint density at radius 3 is 2.38 bits per heavy atom. The maximum absolute atomic E-state index is 11.6. The number of carbonyl (C=O) groups is 1. The van der Waals surface area contributed by atoms with Gasteiger partial charge in [-0.2, -0.15) is 0 Å². The van der Waals surface area contributed by atoms with Crippen LogP contribution in [0.15, 0.2) is 49.6 Å². The molecule has 0 radical (unpaired) electrons. The minimum absolute atomic E-state index is 0.324. The van der Waals surface area contributed by atoms with Crippen LogP contribution in [0.3, 0.4) is 0 Å². The summed E-state index contributed by atoms with van der Waals surface area (Å²) in [6.07, 6.45) is 3.41. The molecule has 3 N–H and O–H groups in total. The van der Waals surface area contributed by atoms with E-state index < -0.39 is 11.9 Å². The molecule has 0 aromatic heterocycles. The van der Waals surface area contributed by atoms with Crippen LogP contribution in [0.5, 0.6) is 0 Å². The zero-order chi connectivity index (χ0) is 15.7. The highest BCUT2D eigenvalue weighted by Gasteiger charge is 2.28. The topological polar surface area (TPSA) is 61.4 Å². The summed E-state index contributed by atoms with van der Waals surface area (Å²) in [7, 11) is 0. The number of carboxylic acid groups (broad SMARTS) is 1. The van der Waals surface area contributed by atoms with Crippen LogP contribution in [0.25, 0.3) is 0 Å². The Morgan fingerprint density at radius 1 is 1.24 bits per heavy atom. The van der Waals surface area contributed by atoms with E-state index in [9.17, 15) is 9.90 Å². The summed E-state index contributed by atoms with van der Waals surface area (Å²) in [6.45, 7) is 8.71. The van der Waals surface area contributed by atoms with E-state index in [1.807, 2.05) is 12.1 Å². The molecule has 0 spiro atoms. The third kappa shape index (κ3) is 5.71. The third-order valence-electron chi connectivity index (χ3n) is 3.08. The van der Waals surface area contributed by atoms with Crippen LogP contribution in [-0.4, -0.2) is 30.7 Å². The second-order valence-electron chi connectivity index (χ2n) is 4.62. The number of hydrogen-bond donors (Lipinski definition) is 3. The van der Waals surface area contributed by atoms with Crippen molar-refractivity contribution in [2.45, 2.75) is 6.04 Å².